The number of fused-ring (bicyclic) bond motifs is 3. The maximum atomic E-state index is 12.9. The molecular weight excluding hydrogens is 484 g/mol. The normalized spacial score (nSPS) is 42.7. The predicted molar refractivity (Wildman–Crippen MR) is 114 cm³/mol. The molecule has 5 rings (SSSR count). The van der Waals surface area contributed by atoms with E-state index in [-0.39, 0.29) is 17.1 Å². The Labute approximate surface area is 205 Å². The minimum Gasteiger partial charge on any atom is -0.504 e. The predicted octanol–water partition coefficient (Wildman–Crippen LogP) is -2.01. The van der Waals surface area contributed by atoms with Gasteiger partial charge in [-0.3, -0.25) is 0 Å². The van der Waals surface area contributed by atoms with Crippen LogP contribution in [0.5, 0.6) is 11.5 Å². The van der Waals surface area contributed by atoms with E-state index in [2.05, 4.69) is 0 Å². The smallest absolute Gasteiger partial charge is 0.338 e. The lowest BCUT2D eigenvalue weighted by Gasteiger charge is -2.43. The van der Waals surface area contributed by atoms with Crippen molar-refractivity contribution < 1.29 is 63.9 Å². The molecule has 36 heavy (non-hydrogen) atoms. The third-order valence-corrected chi connectivity index (χ3v) is 7.26. The number of aromatic hydroxyl groups is 1. The van der Waals surface area contributed by atoms with E-state index in [1.165, 1.54) is 31.6 Å². The van der Waals surface area contributed by atoms with Gasteiger partial charge in [-0.25, -0.2) is 4.79 Å². The second kappa shape index (κ2) is 9.43. The fourth-order valence-electron chi connectivity index (χ4n) is 5.28. The molecule has 11 atom stereocenters. The Morgan fingerprint density at radius 3 is 2.58 bits per heavy atom. The van der Waals surface area contributed by atoms with Gasteiger partial charge in [-0.15, -0.1) is 0 Å². The molecule has 1 aromatic rings. The number of rotatable bonds is 7. The molecule has 1 aliphatic carbocycles. The summed E-state index contributed by atoms with van der Waals surface area (Å²) in [6.45, 7) is -1.07. The average Bonchev–Trinajstić information content (AvgIpc) is 3.56. The van der Waals surface area contributed by atoms with Crippen molar-refractivity contribution in [3.8, 4) is 11.5 Å². The molecule has 2 unspecified atom stereocenters. The number of ether oxygens (including phenoxy) is 6. The Kier molecular flexibility index (Phi) is 6.59. The van der Waals surface area contributed by atoms with Gasteiger partial charge in [-0.05, 0) is 24.3 Å². The van der Waals surface area contributed by atoms with Crippen LogP contribution in [0.2, 0.25) is 0 Å². The molecule has 13 nitrogen and oxygen atoms in total. The molecule has 198 valence electrons. The van der Waals surface area contributed by atoms with Gasteiger partial charge in [0.25, 0.3) is 0 Å². The van der Waals surface area contributed by atoms with Crippen molar-refractivity contribution in [2.75, 3.05) is 20.3 Å². The SMILES string of the molecule is COc1cc(C(=O)O[C@H]2[C@@H]3C=CO[C@@H](O[C@@H]4OC(CO)[C@@H](O)[C@H](O)C4O)[C@@H]3[C@@]3(CO)O[C@@H]23)ccc1O. The fraction of sp³-hybridized carbons (Fsp3) is 0.609. The second-order valence-electron chi connectivity index (χ2n) is 9.18. The number of methoxy groups -OCH3 is 1. The molecule has 0 amide bonds. The lowest BCUT2D eigenvalue weighted by Crippen LogP contribution is -2.60. The van der Waals surface area contributed by atoms with Crippen LogP contribution in [0.1, 0.15) is 10.4 Å². The summed E-state index contributed by atoms with van der Waals surface area (Å²) in [5, 5.41) is 59.8. The lowest BCUT2D eigenvalue weighted by molar-refractivity contribution is -0.344. The highest BCUT2D eigenvalue weighted by Crippen LogP contribution is 2.60. The van der Waals surface area contributed by atoms with Gasteiger partial charge in [0, 0.05) is 5.92 Å². The number of carbonyl (C=O) groups excluding carboxylic acids is 1. The van der Waals surface area contributed by atoms with Crippen LogP contribution < -0.4 is 4.74 Å². The molecule has 3 heterocycles. The van der Waals surface area contributed by atoms with E-state index in [4.69, 9.17) is 28.4 Å². The summed E-state index contributed by atoms with van der Waals surface area (Å²) in [5.41, 5.74) is -1.03. The number of aliphatic hydroxyl groups is 5. The van der Waals surface area contributed by atoms with E-state index in [0.29, 0.717) is 0 Å². The summed E-state index contributed by atoms with van der Waals surface area (Å²) in [5.74, 6) is -1.95. The van der Waals surface area contributed by atoms with Crippen LogP contribution in [0.3, 0.4) is 0 Å². The largest absolute Gasteiger partial charge is 0.504 e. The number of benzene rings is 1. The standard InChI is InChI=1S/C23H28O13/c1-31-12-6-9(2-3-11(12)26)20(30)34-18-10-4-5-32-21(14(10)23(8-25)19(18)36-23)35-22-17(29)16(28)15(27)13(7-24)33-22/h2-6,10,13-19,21-22,24-29H,7-8H2,1H3/t10-,13?,14-,15-,16+,17?,18+,19+,21+,22+,23-/m1/s1. The summed E-state index contributed by atoms with van der Waals surface area (Å²) >= 11 is 0. The first kappa shape index (κ1) is 25.2. The van der Waals surface area contributed by atoms with Crippen molar-refractivity contribution in [3.63, 3.8) is 0 Å². The molecule has 0 radical (unpaired) electrons. The monoisotopic (exact) mass is 512 g/mol. The maximum absolute atomic E-state index is 12.9. The summed E-state index contributed by atoms with van der Waals surface area (Å²) in [6.07, 6.45) is -7.19. The van der Waals surface area contributed by atoms with Crippen molar-refractivity contribution in [2.24, 2.45) is 11.8 Å². The van der Waals surface area contributed by atoms with Gasteiger partial charge in [0.2, 0.25) is 6.29 Å². The molecule has 6 N–H and O–H groups in total. The number of hydrogen-bond acceptors (Lipinski definition) is 13. The van der Waals surface area contributed by atoms with Crippen LogP contribution >= 0.6 is 0 Å². The Bertz CT molecular complexity index is 1010. The average molecular weight is 512 g/mol. The minimum absolute atomic E-state index is 0.0973. The van der Waals surface area contributed by atoms with E-state index in [1.54, 1.807) is 6.08 Å². The van der Waals surface area contributed by atoms with Crippen LogP contribution in [-0.2, 0) is 23.7 Å². The number of aliphatic hydroxyl groups excluding tert-OH is 5. The number of hydrogen-bond donors (Lipinski definition) is 6. The lowest BCUT2D eigenvalue weighted by atomic mass is 9.85. The summed E-state index contributed by atoms with van der Waals surface area (Å²) in [7, 11) is 1.35. The Morgan fingerprint density at radius 1 is 1.11 bits per heavy atom. The highest BCUT2D eigenvalue weighted by atomic mass is 16.8. The number of esters is 1. The number of carbonyl (C=O) groups is 1. The van der Waals surface area contributed by atoms with E-state index in [1.807, 2.05) is 0 Å². The zero-order valence-corrected chi connectivity index (χ0v) is 19.1. The van der Waals surface area contributed by atoms with Crippen LogP contribution in [0.15, 0.2) is 30.5 Å². The molecular formula is C23H28O13. The highest BCUT2D eigenvalue weighted by Gasteiger charge is 2.77. The molecule has 1 aromatic carbocycles. The fourth-order valence-corrected chi connectivity index (χ4v) is 5.28. The first-order valence-electron chi connectivity index (χ1n) is 11.4. The first-order chi connectivity index (χ1) is 17.2. The van der Waals surface area contributed by atoms with Gasteiger partial charge in [0.1, 0.15) is 42.2 Å². The van der Waals surface area contributed by atoms with Crippen LogP contribution in [0.4, 0.5) is 0 Å². The van der Waals surface area contributed by atoms with Crippen LogP contribution in [-0.4, -0.2) is 112 Å². The molecule has 0 spiro atoms. The molecule has 0 bridgehead atoms. The zero-order valence-electron chi connectivity index (χ0n) is 19.1. The summed E-state index contributed by atoms with van der Waals surface area (Å²) in [6, 6.07) is 4.02. The van der Waals surface area contributed by atoms with Crippen molar-refractivity contribution in [3.05, 3.63) is 36.1 Å². The van der Waals surface area contributed by atoms with E-state index in [9.17, 15) is 35.4 Å². The minimum atomic E-state index is -1.66. The van der Waals surface area contributed by atoms with Crippen molar-refractivity contribution in [2.45, 2.75) is 54.8 Å². The first-order valence-corrected chi connectivity index (χ1v) is 11.4. The maximum Gasteiger partial charge on any atom is 0.338 e. The van der Waals surface area contributed by atoms with Gasteiger partial charge in [-0.1, -0.05) is 0 Å². The zero-order chi connectivity index (χ0) is 25.8. The highest BCUT2D eigenvalue weighted by molar-refractivity contribution is 5.90. The summed E-state index contributed by atoms with van der Waals surface area (Å²) in [4.78, 5) is 12.9. The Hall–Kier alpha value is -2.49. The van der Waals surface area contributed by atoms with Crippen LogP contribution in [0.25, 0.3) is 0 Å². The van der Waals surface area contributed by atoms with Crippen LogP contribution in [0, 0.1) is 11.8 Å². The second-order valence-corrected chi connectivity index (χ2v) is 9.18. The van der Waals surface area contributed by atoms with Gasteiger partial charge in [0.15, 0.2) is 17.8 Å². The van der Waals surface area contributed by atoms with Crippen molar-refractivity contribution in [1.82, 2.24) is 0 Å². The Balaban J connectivity index is 1.35. The van der Waals surface area contributed by atoms with E-state index in [0.717, 1.165) is 0 Å². The number of phenolic OH excluding ortho intramolecular Hbond substituents is 1. The molecule has 4 aliphatic rings. The third-order valence-electron chi connectivity index (χ3n) is 7.26. The number of epoxide rings is 1. The molecule has 0 aromatic heterocycles. The molecule has 3 aliphatic heterocycles. The van der Waals surface area contributed by atoms with Crippen molar-refractivity contribution >= 4 is 5.97 Å². The van der Waals surface area contributed by atoms with Crippen molar-refractivity contribution in [1.29, 1.82) is 0 Å². The molecule has 1 saturated carbocycles. The van der Waals surface area contributed by atoms with E-state index < -0.39 is 85.8 Å². The Morgan fingerprint density at radius 2 is 1.89 bits per heavy atom. The molecule has 13 heteroatoms. The molecule has 3 fully saturated rings. The third kappa shape index (κ3) is 3.92. The van der Waals surface area contributed by atoms with Gasteiger partial charge in [0.05, 0.1) is 38.1 Å². The van der Waals surface area contributed by atoms with E-state index >= 15 is 0 Å². The topological polar surface area (TPSA) is 197 Å². The van der Waals surface area contributed by atoms with Gasteiger partial charge >= 0.3 is 5.97 Å². The quantitative estimate of drug-likeness (QED) is 0.173. The molecule has 2 saturated heterocycles. The summed E-state index contributed by atoms with van der Waals surface area (Å²) < 4.78 is 33.4. The number of phenols is 1. The van der Waals surface area contributed by atoms with Gasteiger partial charge in [-0.2, -0.15) is 0 Å². The van der Waals surface area contributed by atoms with Gasteiger partial charge < -0.3 is 59.1 Å².